The molecular weight excluding hydrogens is 308 g/mol. The second kappa shape index (κ2) is 9.27. The molecular formula is C18H26N2O4. The van der Waals surface area contributed by atoms with E-state index < -0.39 is 0 Å². The molecule has 0 bridgehead atoms. The van der Waals surface area contributed by atoms with Gasteiger partial charge in [0.25, 0.3) is 0 Å². The second-order valence-corrected chi connectivity index (χ2v) is 6.04. The number of hydrogen-bond donors (Lipinski definition) is 1. The summed E-state index contributed by atoms with van der Waals surface area (Å²) in [5.74, 6) is -0.0257. The quantitative estimate of drug-likeness (QED) is 0.807. The Morgan fingerprint density at radius 3 is 2.50 bits per heavy atom. The first kappa shape index (κ1) is 18.3. The summed E-state index contributed by atoms with van der Waals surface area (Å²) in [5, 5.41) is 0. The maximum absolute atomic E-state index is 12.1. The van der Waals surface area contributed by atoms with E-state index in [1.807, 2.05) is 30.3 Å². The predicted molar refractivity (Wildman–Crippen MR) is 90.1 cm³/mol. The first-order chi connectivity index (χ1) is 11.6. The summed E-state index contributed by atoms with van der Waals surface area (Å²) in [4.78, 5) is 25.3. The highest BCUT2D eigenvalue weighted by atomic mass is 16.6. The van der Waals surface area contributed by atoms with Gasteiger partial charge in [0.1, 0.15) is 6.61 Å². The summed E-state index contributed by atoms with van der Waals surface area (Å²) < 4.78 is 10.3. The van der Waals surface area contributed by atoms with Crippen molar-refractivity contribution in [2.75, 3.05) is 19.7 Å². The zero-order valence-electron chi connectivity index (χ0n) is 14.1. The fraction of sp³-hybridized carbons (Fsp3) is 0.556. The minimum atomic E-state index is -0.295. The molecule has 1 aromatic rings. The van der Waals surface area contributed by atoms with Gasteiger partial charge in [-0.3, -0.25) is 4.79 Å². The predicted octanol–water partition coefficient (Wildman–Crippen LogP) is 2.32. The van der Waals surface area contributed by atoms with Gasteiger partial charge in [0.2, 0.25) is 0 Å². The lowest BCUT2D eigenvalue weighted by Crippen LogP contribution is -2.44. The van der Waals surface area contributed by atoms with Crippen LogP contribution in [-0.2, 0) is 20.9 Å². The molecule has 0 aromatic heterocycles. The van der Waals surface area contributed by atoms with E-state index in [4.69, 9.17) is 15.2 Å². The molecule has 0 radical (unpaired) electrons. The zero-order valence-corrected chi connectivity index (χ0v) is 14.1. The molecule has 1 saturated heterocycles. The molecule has 0 spiro atoms. The molecule has 1 aromatic carbocycles. The lowest BCUT2D eigenvalue weighted by Gasteiger charge is -2.33. The molecule has 1 aliphatic rings. The third-order valence-corrected chi connectivity index (χ3v) is 4.32. The Hall–Kier alpha value is -2.08. The zero-order chi connectivity index (χ0) is 17.4. The van der Waals surface area contributed by atoms with E-state index in [9.17, 15) is 9.59 Å². The average molecular weight is 334 g/mol. The van der Waals surface area contributed by atoms with Crippen LogP contribution >= 0.6 is 0 Å². The molecule has 1 atom stereocenters. The minimum absolute atomic E-state index is 0.216. The van der Waals surface area contributed by atoms with Gasteiger partial charge in [0, 0.05) is 19.1 Å². The van der Waals surface area contributed by atoms with Crippen molar-refractivity contribution in [2.45, 2.75) is 38.8 Å². The highest BCUT2D eigenvalue weighted by molar-refractivity contribution is 5.70. The maximum atomic E-state index is 12.1. The normalized spacial score (nSPS) is 16.5. The molecule has 1 fully saturated rings. The molecule has 1 amide bonds. The van der Waals surface area contributed by atoms with Crippen LogP contribution in [0.4, 0.5) is 4.79 Å². The van der Waals surface area contributed by atoms with Gasteiger partial charge in [-0.2, -0.15) is 0 Å². The Balaban J connectivity index is 1.71. The number of nitrogens with zero attached hydrogens (tertiary/aromatic N) is 1. The topological polar surface area (TPSA) is 81.9 Å². The third-order valence-electron chi connectivity index (χ3n) is 4.32. The molecule has 1 aliphatic heterocycles. The van der Waals surface area contributed by atoms with Crippen LogP contribution in [0.15, 0.2) is 30.3 Å². The number of ether oxygens (including phenoxy) is 2. The lowest BCUT2D eigenvalue weighted by atomic mass is 9.88. The summed E-state index contributed by atoms with van der Waals surface area (Å²) in [6.45, 7) is 3.64. The number of carbonyl (C=O) groups is 2. The summed E-state index contributed by atoms with van der Waals surface area (Å²) in [5.41, 5.74) is 7.07. The van der Waals surface area contributed by atoms with Gasteiger partial charge in [-0.15, -0.1) is 0 Å². The van der Waals surface area contributed by atoms with Crippen LogP contribution in [0.25, 0.3) is 0 Å². The van der Waals surface area contributed by atoms with Crippen molar-refractivity contribution in [3.05, 3.63) is 35.9 Å². The molecule has 132 valence electrons. The number of hydrogen-bond acceptors (Lipinski definition) is 5. The molecule has 0 unspecified atom stereocenters. The van der Waals surface area contributed by atoms with Crippen LogP contribution in [0, 0.1) is 5.92 Å². The fourth-order valence-electron chi connectivity index (χ4n) is 2.90. The standard InChI is InChI=1S/C18H26N2O4/c1-2-23-17(21)12-16(19)15-8-10-20(11-9-15)18(22)24-13-14-6-4-3-5-7-14/h3-7,15-16H,2,8-13,19H2,1H3/t16-/m1/s1. The van der Waals surface area contributed by atoms with Crippen molar-refractivity contribution in [3.8, 4) is 0 Å². The summed E-state index contributed by atoms with van der Waals surface area (Å²) in [7, 11) is 0. The van der Waals surface area contributed by atoms with E-state index in [1.165, 1.54) is 0 Å². The molecule has 6 nitrogen and oxygen atoms in total. The van der Waals surface area contributed by atoms with Crippen molar-refractivity contribution in [2.24, 2.45) is 11.7 Å². The van der Waals surface area contributed by atoms with Crippen molar-refractivity contribution in [1.29, 1.82) is 0 Å². The molecule has 0 aliphatic carbocycles. The van der Waals surface area contributed by atoms with E-state index in [0.717, 1.165) is 18.4 Å². The number of amides is 1. The minimum Gasteiger partial charge on any atom is -0.466 e. The van der Waals surface area contributed by atoms with Crippen molar-refractivity contribution in [3.63, 3.8) is 0 Å². The molecule has 1 heterocycles. The number of carbonyl (C=O) groups excluding carboxylic acids is 2. The first-order valence-corrected chi connectivity index (χ1v) is 8.47. The summed E-state index contributed by atoms with van der Waals surface area (Å²) in [6.07, 6.45) is 1.50. The van der Waals surface area contributed by atoms with Gasteiger partial charge in [-0.25, -0.2) is 4.79 Å². The summed E-state index contributed by atoms with van der Waals surface area (Å²) >= 11 is 0. The SMILES string of the molecule is CCOC(=O)C[C@@H](N)C1CCN(C(=O)OCc2ccccc2)CC1. The van der Waals surface area contributed by atoms with Gasteiger partial charge < -0.3 is 20.1 Å². The Labute approximate surface area is 142 Å². The second-order valence-electron chi connectivity index (χ2n) is 6.04. The highest BCUT2D eigenvalue weighted by Crippen LogP contribution is 2.22. The van der Waals surface area contributed by atoms with Crippen molar-refractivity contribution in [1.82, 2.24) is 4.90 Å². The number of nitrogens with two attached hydrogens (primary N) is 1. The van der Waals surface area contributed by atoms with Crippen LogP contribution in [0.5, 0.6) is 0 Å². The molecule has 24 heavy (non-hydrogen) atoms. The molecule has 0 saturated carbocycles. The van der Waals surface area contributed by atoms with Gasteiger partial charge >= 0.3 is 12.1 Å². The van der Waals surface area contributed by atoms with Gasteiger partial charge in [-0.1, -0.05) is 30.3 Å². The van der Waals surface area contributed by atoms with E-state index in [-0.39, 0.29) is 37.0 Å². The number of rotatable bonds is 6. The molecule has 2 rings (SSSR count). The van der Waals surface area contributed by atoms with Gasteiger partial charge in [0.05, 0.1) is 13.0 Å². The molecule has 6 heteroatoms. The van der Waals surface area contributed by atoms with Crippen molar-refractivity contribution >= 4 is 12.1 Å². The Bertz CT molecular complexity index is 527. The number of piperidine rings is 1. The van der Waals surface area contributed by atoms with Gasteiger partial charge in [0.15, 0.2) is 0 Å². The molecule has 2 N–H and O–H groups in total. The largest absolute Gasteiger partial charge is 0.466 e. The van der Waals surface area contributed by atoms with E-state index in [2.05, 4.69) is 0 Å². The van der Waals surface area contributed by atoms with E-state index in [1.54, 1.807) is 11.8 Å². The smallest absolute Gasteiger partial charge is 0.410 e. The first-order valence-electron chi connectivity index (χ1n) is 8.47. The Morgan fingerprint density at radius 2 is 1.88 bits per heavy atom. The summed E-state index contributed by atoms with van der Waals surface area (Å²) in [6, 6.07) is 9.39. The van der Waals surface area contributed by atoms with Crippen molar-refractivity contribution < 1.29 is 19.1 Å². The Kier molecular flexibility index (Phi) is 7.06. The van der Waals surface area contributed by atoms with E-state index >= 15 is 0 Å². The third kappa shape index (κ3) is 5.53. The van der Waals surface area contributed by atoms with Crippen LogP contribution in [0.1, 0.15) is 31.7 Å². The average Bonchev–Trinajstić information content (AvgIpc) is 2.61. The fourth-order valence-corrected chi connectivity index (χ4v) is 2.90. The van der Waals surface area contributed by atoms with Crippen LogP contribution in [0.2, 0.25) is 0 Å². The Morgan fingerprint density at radius 1 is 1.21 bits per heavy atom. The number of likely N-dealkylation sites (tertiary alicyclic amines) is 1. The van der Waals surface area contributed by atoms with Crippen LogP contribution < -0.4 is 5.73 Å². The number of benzene rings is 1. The highest BCUT2D eigenvalue weighted by Gasteiger charge is 2.28. The maximum Gasteiger partial charge on any atom is 0.410 e. The number of esters is 1. The van der Waals surface area contributed by atoms with E-state index in [0.29, 0.717) is 19.7 Å². The monoisotopic (exact) mass is 334 g/mol. The van der Waals surface area contributed by atoms with Gasteiger partial charge in [-0.05, 0) is 31.2 Å². The van der Waals surface area contributed by atoms with Crippen LogP contribution in [-0.4, -0.2) is 42.7 Å². The van der Waals surface area contributed by atoms with Crippen LogP contribution in [0.3, 0.4) is 0 Å². The lowest BCUT2D eigenvalue weighted by molar-refractivity contribution is -0.143.